The lowest BCUT2D eigenvalue weighted by molar-refractivity contribution is -0.131. The summed E-state index contributed by atoms with van der Waals surface area (Å²) in [7, 11) is 4.11. The van der Waals surface area contributed by atoms with Crippen LogP contribution in [-0.4, -0.2) is 44.5 Å². The molecule has 22 heavy (non-hydrogen) atoms. The Kier molecular flexibility index (Phi) is 4.67. The molecule has 1 unspecified atom stereocenters. The number of hydrogen-bond donors (Lipinski definition) is 1. The highest BCUT2D eigenvalue weighted by Crippen LogP contribution is 2.33. The molecule has 4 heteroatoms. The van der Waals surface area contributed by atoms with E-state index in [2.05, 4.69) is 53.5 Å². The van der Waals surface area contributed by atoms with Crippen LogP contribution in [0.4, 0.5) is 5.69 Å². The summed E-state index contributed by atoms with van der Waals surface area (Å²) < 4.78 is 0. The molecule has 0 radical (unpaired) electrons. The van der Waals surface area contributed by atoms with Gasteiger partial charge in [-0.05, 0) is 55.8 Å². The summed E-state index contributed by atoms with van der Waals surface area (Å²) >= 11 is 0. The van der Waals surface area contributed by atoms with Crippen molar-refractivity contribution in [1.82, 2.24) is 10.2 Å². The van der Waals surface area contributed by atoms with Gasteiger partial charge in [-0.15, -0.1) is 0 Å². The van der Waals surface area contributed by atoms with Crippen LogP contribution >= 0.6 is 0 Å². The quantitative estimate of drug-likeness (QED) is 0.876. The average molecular weight is 301 g/mol. The maximum absolute atomic E-state index is 12.5. The van der Waals surface area contributed by atoms with Gasteiger partial charge in [0.15, 0.2) is 0 Å². The first kappa shape index (κ1) is 15.3. The minimum Gasteiger partial charge on any atom is -0.378 e. The average Bonchev–Trinajstić information content (AvgIpc) is 3.20. The molecule has 1 amide bonds. The zero-order chi connectivity index (χ0) is 15.5. The van der Waals surface area contributed by atoms with Gasteiger partial charge in [-0.2, -0.15) is 0 Å². The zero-order valence-corrected chi connectivity index (χ0v) is 13.7. The third-order valence-corrected chi connectivity index (χ3v) is 4.75. The molecule has 0 bridgehead atoms. The molecule has 3 rings (SSSR count). The van der Waals surface area contributed by atoms with Crippen molar-refractivity contribution in [2.24, 2.45) is 5.92 Å². The monoisotopic (exact) mass is 301 g/mol. The molecule has 1 atom stereocenters. The highest BCUT2D eigenvalue weighted by atomic mass is 16.2. The van der Waals surface area contributed by atoms with Crippen molar-refractivity contribution in [3.05, 3.63) is 29.8 Å². The lowest BCUT2D eigenvalue weighted by Crippen LogP contribution is -2.38. The number of carbonyl (C=O) groups excluding carboxylic acids is 1. The first-order valence-corrected chi connectivity index (χ1v) is 8.42. The molecule has 1 saturated carbocycles. The van der Waals surface area contributed by atoms with Gasteiger partial charge in [0, 0.05) is 26.3 Å². The van der Waals surface area contributed by atoms with E-state index in [1.54, 1.807) is 0 Å². The molecule has 0 aromatic heterocycles. The van der Waals surface area contributed by atoms with E-state index in [1.165, 1.54) is 24.1 Å². The summed E-state index contributed by atoms with van der Waals surface area (Å²) in [6, 6.07) is 8.82. The number of rotatable bonds is 6. The number of nitrogens with zero attached hydrogens (tertiary/aromatic N) is 2. The lowest BCUT2D eigenvalue weighted by atomic mass is 10.0. The van der Waals surface area contributed by atoms with Crippen LogP contribution in [0.25, 0.3) is 0 Å². The highest BCUT2D eigenvalue weighted by molar-refractivity contribution is 5.79. The predicted octanol–water partition coefficient (Wildman–Crippen LogP) is 2.42. The van der Waals surface area contributed by atoms with Crippen LogP contribution in [0, 0.1) is 5.92 Å². The third kappa shape index (κ3) is 3.61. The Morgan fingerprint density at radius 2 is 2.14 bits per heavy atom. The van der Waals surface area contributed by atoms with Crippen molar-refractivity contribution in [3.8, 4) is 0 Å². The maximum atomic E-state index is 12.5. The second-order valence-corrected chi connectivity index (χ2v) is 6.81. The molecule has 1 aromatic rings. The van der Waals surface area contributed by atoms with Gasteiger partial charge < -0.3 is 15.1 Å². The number of carbonyl (C=O) groups is 1. The second kappa shape index (κ2) is 6.69. The molecule has 2 aliphatic rings. The topological polar surface area (TPSA) is 35.6 Å². The predicted molar refractivity (Wildman–Crippen MR) is 90.1 cm³/mol. The SMILES string of the molecule is CN(C)c1cccc(C2CCCN2C(=O)CNCC2CC2)c1. The maximum Gasteiger partial charge on any atom is 0.237 e. The Hall–Kier alpha value is -1.55. The Morgan fingerprint density at radius 1 is 1.32 bits per heavy atom. The minimum absolute atomic E-state index is 0.245. The van der Waals surface area contributed by atoms with Gasteiger partial charge in [0.1, 0.15) is 0 Å². The first-order valence-electron chi connectivity index (χ1n) is 8.42. The fourth-order valence-electron chi connectivity index (χ4n) is 3.23. The van der Waals surface area contributed by atoms with Crippen molar-refractivity contribution < 1.29 is 4.79 Å². The summed E-state index contributed by atoms with van der Waals surface area (Å²) in [4.78, 5) is 16.7. The van der Waals surface area contributed by atoms with Crippen molar-refractivity contribution in [2.75, 3.05) is 38.6 Å². The fourth-order valence-corrected chi connectivity index (χ4v) is 3.23. The van der Waals surface area contributed by atoms with Gasteiger partial charge in [0.25, 0.3) is 0 Å². The second-order valence-electron chi connectivity index (χ2n) is 6.81. The lowest BCUT2D eigenvalue weighted by Gasteiger charge is -2.26. The van der Waals surface area contributed by atoms with Crippen LogP contribution in [0.15, 0.2) is 24.3 Å². The van der Waals surface area contributed by atoms with Gasteiger partial charge in [0.2, 0.25) is 5.91 Å². The van der Waals surface area contributed by atoms with Crippen molar-refractivity contribution in [2.45, 2.75) is 31.7 Å². The normalized spacial score (nSPS) is 21.2. The molecule has 1 aromatic carbocycles. The van der Waals surface area contributed by atoms with E-state index in [0.29, 0.717) is 6.54 Å². The molecule has 120 valence electrons. The molecule has 1 heterocycles. The van der Waals surface area contributed by atoms with E-state index in [9.17, 15) is 4.79 Å². The summed E-state index contributed by atoms with van der Waals surface area (Å²) in [6.07, 6.45) is 4.83. The molecule has 1 aliphatic carbocycles. The molecule has 4 nitrogen and oxygen atoms in total. The Labute approximate surface area is 133 Å². The van der Waals surface area contributed by atoms with Crippen LogP contribution in [0.3, 0.4) is 0 Å². The summed E-state index contributed by atoms with van der Waals surface area (Å²) in [5.41, 5.74) is 2.46. The standard InChI is InChI=1S/C18H27N3O/c1-20(2)16-6-3-5-15(11-16)17-7-4-10-21(17)18(22)13-19-12-14-8-9-14/h3,5-6,11,14,17,19H,4,7-10,12-13H2,1-2H3. The van der Waals surface area contributed by atoms with E-state index in [0.717, 1.165) is 31.8 Å². The first-order chi connectivity index (χ1) is 10.6. The van der Waals surface area contributed by atoms with Crippen LogP contribution in [0.5, 0.6) is 0 Å². The number of benzene rings is 1. The number of anilines is 1. The largest absolute Gasteiger partial charge is 0.378 e. The number of amides is 1. The Bertz CT molecular complexity index is 525. The van der Waals surface area contributed by atoms with Crippen LogP contribution in [0.2, 0.25) is 0 Å². The fraction of sp³-hybridized carbons (Fsp3) is 0.611. The molecule has 1 N–H and O–H groups in total. The van der Waals surface area contributed by atoms with Crippen LogP contribution in [-0.2, 0) is 4.79 Å². The van der Waals surface area contributed by atoms with E-state index in [1.807, 2.05) is 0 Å². The van der Waals surface area contributed by atoms with Gasteiger partial charge in [-0.25, -0.2) is 0 Å². The van der Waals surface area contributed by atoms with E-state index in [4.69, 9.17) is 0 Å². The molecule has 2 fully saturated rings. The molecule has 1 aliphatic heterocycles. The zero-order valence-electron chi connectivity index (χ0n) is 13.7. The van der Waals surface area contributed by atoms with Crippen LogP contribution < -0.4 is 10.2 Å². The molecular weight excluding hydrogens is 274 g/mol. The summed E-state index contributed by atoms with van der Waals surface area (Å²) in [6.45, 7) is 2.38. The Morgan fingerprint density at radius 3 is 2.86 bits per heavy atom. The van der Waals surface area contributed by atoms with Gasteiger partial charge in [-0.3, -0.25) is 4.79 Å². The van der Waals surface area contributed by atoms with Gasteiger partial charge >= 0.3 is 0 Å². The number of hydrogen-bond acceptors (Lipinski definition) is 3. The van der Waals surface area contributed by atoms with E-state index < -0.39 is 0 Å². The van der Waals surface area contributed by atoms with Crippen molar-refractivity contribution >= 4 is 11.6 Å². The van der Waals surface area contributed by atoms with Crippen molar-refractivity contribution in [1.29, 1.82) is 0 Å². The Balaban J connectivity index is 1.63. The van der Waals surface area contributed by atoms with E-state index >= 15 is 0 Å². The molecule has 1 saturated heterocycles. The highest BCUT2D eigenvalue weighted by Gasteiger charge is 2.30. The van der Waals surface area contributed by atoms with Gasteiger partial charge in [-0.1, -0.05) is 12.1 Å². The summed E-state index contributed by atoms with van der Waals surface area (Å²) in [5, 5.41) is 3.33. The minimum atomic E-state index is 0.245. The van der Waals surface area contributed by atoms with Crippen LogP contribution in [0.1, 0.15) is 37.3 Å². The number of nitrogens with one attached hydrogen (secondary N) is 1. The number of likely N-dealkylation sites (tertiary alicyclic amines) is 1. The smallest absolute Gasteiger partial charge is 0.237 e. The van der Waals surface area contributed by atoms with E-state index in [-0.39, 0.29) is 11.9 Å². The molecule has 0 spiro atoms. The van der Waals surface area contributed by atoms with Crippen molar-refractivity contribution in [3.63, 3.8) is 0 Å². The van der Waals surface area contributed by atoms with Gasteiger partial charge in [0.05, 0.1) is 12.6 Å². The third-order valence-electron chi connectivity index (χ3n) is 4.75. The summed E-state index contributed by atoms with van der Waals surface area (Å²) in [5.74, 6) is 1.07. The molecular formula is C18H27N3O.